The van der Waals surface area contributed by atoms with Crippen LogP contribution in [-0.4, -0.2) is 26.5 Å². The fraction of sp³-hybridized carbons (Fsp3) is 0.250. The van der Waals surface area contributed by atoms with E-state index in [4.69, 9.17) is 5.21 Å². The summed E-state index contributed by atoms with van der Waals surface area (Å²) in [5.41, 5.74) is -0.585. The number of halogens is 3. The maximum Gasteiger partial charge on any atom is 0.415 e. The molecule has 0 atom stereocenters. The average molecular weight is 219 g/mol. The summed E-state index contributed by atoms with van der Waals surface area (Å²) in [6.45, 7) is 4.32. The summed E-state index contributed by atoms with van der Waals surface area (Å²) >= 11 is 0. The Bertz CT molecular complexity index is 406. The van der Waals surface area contributed by atoms with Crippen molar-refractivity contribution < 1.29 is 18.4 Å². The molecule has 4 nitrogen and oxygen atoms in total. The Morgan fingerprint density at radius 2 is 2.13 bits per heavy atom. The molecule has 1 N–H and O–H groups in total. The summed E-state index contributed by atoms with van der Waals surface area (Å²) in [6, 6.07) is 0. The van der Waals surface area contributed by atoms with Gasteiger partial charge < -0.3 is 5.21 Å². The molecule has 0 amide bonds. The summed E-state index contributed by atoms with van der Waals surface area (Å²) in [6.07, 6.45) is -2.60. The van der Waals surface area contributed by atoms with E-state index in [9.17, 15) is 13.2 Å². The van der Waals surface area contributed by atoms with Crippen molar-refractivity contribution in [3.63, 3.8) is 0 Å². The first kappa shape index (κ1) is 11.3. The SMILES string of the molecule is C=C(/C=C\c1nnn(O)c1C)C(F)(F)F. The largest absolute Gasteiger partial charge is 0.415 e. The molecule has 0 radical (unpaired) electrons. The topological polar surface area (TPSA) is 50.9 Å². The lowest BCUT2D eigenvalue weighted by Crippen LogP contribution is -2.08. The normalized spacial score (nSPS) is 12.3. The van der Waals surface area contributed by atoms with Crippen LogP contribution in [0.15, 0.2) is 18.2 Å². The summed E-state index contributed by atoms with van der Waals surface area (Å²) in [5.74, 6) is 0. The Hall–Kier alpha value is -1.79. The Labute approximate surface area is 83.3 Å². The predicted octanol–water partition coefficient (Wildman–Crippen LogP) is 1.96. The summed E-state index contributed by atoms with van der Waals surface area (Å²) < 4.78 is 36.0. The van der Waals surface area contributed by atoms with Crippen LogP contribution in [0.2, 0.25) is 0 Å². The van der Waals surface area contributed by atoms with E-state index in [1.54, 1.807) is 0 Å². The molecule has 0 aliphatic carbocycles. The van der Waals surface area contributed by atoms with Crippen molar-refractivity contribution in [1.29, 1.82) is 0 Å². The van der Waals surface area contributed by atoms with Gasteiger partial charge in [-0.1, -0.05) is 11.4 Å². The van der Waals surface area contributed by atoms with Crippen molar-refractivity contribution in [3.05, 3.63) is 29.6 Å². The molecule has 0 bridgehead atoms. The minimum Gasteiger partial charge on any atom is -0.410 e. The highest BCUT2D eigenvalue weighted by Crippen LogP contribution is 2.25. The minimum absolute atomic E-state index is 0.155. The highest BCUT2D eigenvalue weighted by Gasteiger charge is 2.29. The first-order valence-electron chi connectivity index (χ1n) is 3.88. The lowest BCUT2D eigenvalue weighted by molar-refractivity contribution is -0.0877. The minimum atomic E-state index is -4.46. The summed E-state index contributed by atoms with van der Waals surface area (Å²) in [7, 11) is 0. The van der Waals surface area contributed by atoms with E-state index in [0.717, 1.165) is 12.2 Å². The Balaban J connectivity index is 2.83. The van der Waals surface area contributed by atoms with Crippen LogP contribution < -0.4 is 0 Å². The molecule has 0 aliphatic heterocycles. The van der Waals surface area contributed by atoms with Crippen molar-refractivity contribution in [2.24, 2.45) is 0 Å². The molecule has 0 fully saturated rings. The third-order valence-corrected chi connectivity index (χ3v) is 1.71. The van der Waals surface area contributed by atoms with Gasteiger partial charge in [0.05, 0.1) is 0 Å². The van der Waals surface area contributed by atoms with Crippen LogP contribution in [0.25, 0.3) is 6.08 Å². The van der Waals surface area contributed by atoms with E-state index in [1.165, 1.54) is 6.92 Å². The third kappa shape index (κ3) is 2.58. The average Bonchev–Trinajstić information content (AvgIpc) is 2.43. The van der Waals surface area contributed by atoms with Gasteiger partial charge in [-0.15, -0.1) is 5.10 Å². The van der Waals surface area contributed by atoms with Gasteiger partial charge in [-0.25, -0.2) is 0 Å². The van der Waals surface area contributed by atoms with Crippen LogP contribution >= 0.6 is 0 Å². The molecule has 0 saturated heterocycles. The molecule has 0 saturated carbocycles. The van der Waals surface area contributed by atoms with Crippen LogP contribution in [-0.2, 0) is 0 Å². The van der Waals surface area contributed by atoms with Crippen LogP contribution in [0.1, 0.15) is 11.4 Å². The molecule has 0 spiro atoms. The molecule has 1 aromatic heterocycles. The monoisotopic (exact) mass is 219 g/mol. The van der Waals surface area contributed by atoms with Gasteiger partial charge in [-0.3, -0.25) is 0 Å². The zero-order valence-electron chi connectivity index (χ0n) is 7.78. The molecular formula is C8H8F3N3O. The van der Waals surface area contributed by atoms with Crippen molar-refractivity contribution in [2.75, 3.05) is 0 Å². The lowest BCUT2D eigenvalue weighted by atomic mass is 10.2. The predicted molar refractivity (Wildman–Crippen MR) is 46.2 cm³/mol. The second-order valence-electron chi connectivity index (χ2n) is 2.81. The van der Waals surface area contributed by atoms with Crippen molar-refractivity contribution in [3.8, 4) is 0 Å². The maximum absolute atomic E-state index is 12.0. The number of hydrogen-bond donors (Lipinski definition) is 1. The number of nitrogens with zero attached hydrogens (tertiary/aromatic N) is 3. The van der Waals surface area contributed by atoms with Gasteiger partial charge in [0.15, 0.2) is 0 Å². The maximum atomic E-state index is 12.0. The Morgan fingerprint density at radius 3 is 2.53 bits per heavy atom. The summed E-state index contributed by atoms with van der Waals surface area (Å²) in [4.78, 5) is 0.482. The molecule has 82 valence electrons. The van der Waals surface area contributed by atoms with Gasteiger partial charge in [0.2, 0.25) is 0 Å². The van der Waals surface area contributed by atoms with Crippen LogP contribution in [0, 0.1) is 6.92 Å². The van der Waals surface area contributed by atoms with Crippen molar-refractivity contribution >= 4 is 6.08 Å². The lowest BCUT2D eigenvalue weighted by Gasteiger charge is -2.03. The zero-order valence-corrected chi connectivity index (χ0v) is 7.78. The van der Waals surface area contributed by atoms with Crippen LogP contribution in [0.3, 0.4) is 0 Å². The van der Waals surface area contributed by atoms with E-state index in [1.807, 2.05) is 0 Å². The molecule has 15 heavy (non-hydrogen) atoms. The van der Waals surface area contributed by atoms with E-state index in [0.29, 0.717) is 4.85 Å². The molecule has 0 unspecified atom stereocenters. The standard InChI is InChI=1S/C8H8F3N3O/c1-5(8(9,10)11)3-4-7-6(2)14(15)13-12-7/h3-4,15H,1H2,2H3/b4-3-. The van der Waals surface area contributed by atoms with Gasteiger partial charge in [0.25, 0.3) is 0 Å². The zero-order chi connectivity index (χ0) is 11.6. The number of allylic oxidation sites excluding steroid dienone is 2. The highest BCUT2D eigenvalue weighted by atomic mass is 19.4. The fourth-order valence-electron chi connectivity index (χ4n) is 0.760. The first-order valence-corrected chi connectivity index (χ1v) is 3.88. The van der Waals surface area contributed by atoms with Crippen LogP contribution in [0.4, 0.5) is 13.2 Å². The van der Waals surface area contributed by atoms with E-state index in [2.05, 4.69) is 16.9 Å². The van der Waals surface area contributed by atoms with E-state index in [-0.39, 0.29) is 11.4 Å². The molecular weight excluding hydrogens is 211 g/mol. The quantitative estimate of drug-likeness (QED) is 0.611. The first-order chi connectivity index (χ1) is 6.82. The van der Waals surface area contributed by atoms with Crippen molar-refractivity contribution in [2.45, 2.75) is 13.1 Å². The number of aromatic nitrogens is 3. The smallest absolute Gasteiger partial charge is 0.410 e. The van der Waals surface area contributed by atoms with E-state index >= 15 is 0 Å². The third-order valence-electron chi connectivity index (χ3n) is 1.71. The fourth-order valence-corrected chi connectivity index (χ4v) is 0.760. The molecule has 1 rings (SSSR count). The van der Waals surface area contributed by atoms with E-state index < -0.39 is 11.7 Å². The van der Waals surface area contributed by atoms with Gasteiger partial charge in [0.1, 0.15) is 11.4 Å². The van der Waals surface area contributed by atoms with Crippen molar-refractivity contribution in [1.82, 2.24) is 15.2 Å². The molecule has 7 heteroatoms. The number of alkyl halides is 3. The van der Waals surface area contributed by atoms with Gasteiger partial charge in [-0.2, -0.15) is 13.2 Å². The number of rotatable bonds is 2. The molecule has 1 aromatic rings. The Morgan fingerprint density at radius 1 is 1.53 bits per heavy atom. The van der Waals surface area contributed by atoms with Gasteiger partial charge >= 0.3 is 6.18 Å². The molecule has 1 heterocycles. The van der Waals surface area contributed by atoms with Gasteiger partial charge in [0, 0.05) is 5.57 Å². The van der Waals surface area contributed by atoms with Gasteiger partial charge in [-0.05, 0) is 24.3 Å². The second kappa shape index (κ2) is 3.76. The molecule has 0 aliphatic rings. The number of hydrogen-bond acceptors (Lipinski definition) is 3. The Kier molecular flexibility index (Phi) is 2.83. The second-order valence-corrected chi connectivity index (χ2v) is 2.81. The molecule has 0 aromatic carbocycles. The highest BCUT2D eigenvalue weighted by molar-refractivity contribution is 5.50. The summed E-state index contributed by atoms with van der Waals surface area (Å²) in [5, 5.41) is 15.6. The van der Waals surface area contributed by atoms with Crippen LogP contribution in [0.5, 0.6) is 0 Å².